The topological polar surface area (TPSA) is 48.0 Å². The second-order valence-corrected chi connectivity index (χ2v) is 5.45. The highest BCUT2D eigenvalue weighted by atomic mass is 16.5. The standard InChI is InChI=1S/C19H23NO4/c1-14-5-7-15(8-6-14)24-12-11-20(2)19(21)17-10-9-16(22-3)13-18(17)23-4/h5-10,13H,11-12H2,1-4H3. The Bertz CT molecular complexity index is 682. The number of methoxy groups -OCH3 is 2. The van der Waals surface area contributed by atoms with E-state index in [0.717, 1.165) is 5.75 Å². The first-order valence-electron chi connectivity index (χ1n) is 7.72. The van der Waals surface area contributed by atoms with Gasteiger partial charge in [0.15, 0.2) is 0 Å². The van der Waals surface area contributed by atoms with Crippen LogP contribution in [0.4, 0.5) is 0 Å². The average Bonchev–Trinajstić information content (AvgIpc) is 2.62. The van der Waals surface area contributed by atoms with Crippen LogP contribution < -0.4 is 14.2 Å². The molecule has 0 heterocycles. The molecule has 0 spiro atoms. The van der Waals surface area contributed by atoms with E-state index >= 15 is 0 Å². The molecule has 0 bridgehead atoms. The molecule has 0 N–H and O–H groups in total. The Morgan fingerprint density at radius 1 is 1.00 bits per heavy atom. The third-order valence-electron chi connectivity index (χ3n) is 3.70. The second-order valence-electron chi connectivity index (χ2n) is 5.45. The van der Waals surface area contributed by atoms with Crippen molar-refractivity contribution in [2.24, 2.45) is 0 Å². The first kappa shape index (κ1) is 17.7. The molecule has 0 aliphatic rings. The van der Waals surface area contributed by atoms with Crippen LogP contribution in [-0.2, 0) is 0 Å². The van der Waals surface area contributed by atoms with Crippen LogP contribution in [0, 0.1) is 6.92 Å². The van der Waals surface area contributed by atoms with Crippen molar-refractivity contribution in [1.29, 1.82) is 0 Å². The van der Waals surface area contributed by atoms with Crippen molar-refractivity contribution >= 4 is 5.91 Å². The molecule has 0 radical (unpaired) electrons. The number of likely N-dealkylation sites (N-methyl/N-ethyl adjacent to an activating group) is 1. The van der Waals surface area contributed by atoms with E-state index in [0.29, 0.717) is 30.2 Å². The van der Waals surface area contributed by atoms with Gasteiger partial charge in [0, 0.05) is 13.1 Å². The summed E-state index contributed by atoms with van der Waals surface area (Å²) in [7, 11) is 4.85. The molecule has 0 unspecified atom stereocenters. The van der Waals surface area contributed by atoms with E-state index in [2.05, 4.69) is 0 Å². The lowest BCUT2D eigenvalue weighted by atomic mass is 10.1. The largest absolute Gasteiger partial charge is 0.497 e. The van der Waals surface area contributed by atoms with Gasteiger partial charge in [-0.2, -0.15) is 0 Å². The molecule has 0 atom stereocenters. The molecule has 2 aromatic carbocycles. The van der Waals surface area contributed by atoms with Crippen LogP contribution in [0.3, 0.4) is 0 Å². The molecule has 0 saturated carbocycles. The van der Waals surface area contributed by atoms with Crippen LogP contribution in [0.25, 0.3) is 0 Å². The van der Waals surface area contributed by atoms with Gasteiger partial charge in [0.1, 0.15) is 23.9 Å². The number of aryl methyl sites for hydroxylation is 1. The Morgan fingerprint density at radius 3 is 2.29 bits per heavy atom. The molecular formula is C19H23NO4. The van der Waals surface area contributed by atoms with Gasteiger partial charge in [0.05, 0.1) is 26.3 Å². The summed E-state index contributed by atoms with van der Waals surface area (Å²) < 4.78 is 16.1. The summed E-state index contributed by atoms with van der Waals surface area (Å²) in [4.78, 5) is 14.2. The van der Waals surface area contributed by atoms with Gasteiger partial charge in [0.25, 0.3) is 5.91 Å². The van der Waals surface area contributed by atoms with Gasteiger partial charge in [-0.1, -0.05) is 17.7 Å². The van der Waals surface area contributed by atoms with Crippen molar-refractivity contribution in [3.63, 3.8) is 0 Å². The number of hydrogen-bond acceptors (Lipinski definition) is 4. The number of rotatable bonds is 7. The Kier molecular flexibility index (Phi) is 6.07. The Morgan fingerprint density at radius 2 is 1.67 bits per heavy atom. The minimum atomic E-state index is -0.123. The highest BCUT2D eigenvalue weighted by molar-refractivity contribution is 5.97. The lowest BCUT2D eigenvalue weighted by Gasteiger charge is -2.19. The molecular weight excluding hydrogens is 306 g/mol. The molecule has 2 rings (SSSR count). The highest BCUT2D eigenvalue weighted by Gasteiger charge is 2.17. The van der Waals surface area contributed by atoms with Gasteiger partial charge in [-0.05, 0) is 31.2 Å². The van der Waals surface area contributed by atoms with E-state index in [1.54, 1.807) is 37.3 Å². The van der Waals surface area contributed by atoms with Gasteiger partial charge in [-0.3, -0.25) is 4.79 Å². The summed E-state index contributed by atoms with van der Waals surface area (Å²) in [5.74, 6) is 1.81. The summed E-state index contributed by atoms with van der Waals surface area (Å²) in [6.07, 6.45) is 0. The summed E-state index contributed by atoms with van der Waals surface area (Å²) in [5.41, 5.74) is 1.68. The van der Waals surface area contributed by atoms with E-state index < -0.39 is 0 Å². The highest BCUT2D eigenvalue weighted by Crippen LogP contribution is 2.25. The Labute approximate surface area is 142 Å². The second kappa shape index (κ2) is 8.24. The number of amides is 1. The van der Waals surface area contributed by atoms with E-state index in [1.165, 1.54) is 12.7 Å². The summed E-state index contributed by atoms with van der Waals surface area (Å²) in [5, 5.41) is 0. The lowest BCUT2D eigenvalue weighted by molar-refractivity contribution is 0.0770. The molecule has 0 aliphatic carbocycles. The van der Waals surface area contributed by atoms with Crippen LogP contribution in [0.2, 0.25) is 0 Å². The van der Waals surface area contributed by atoms with E-state index in [1.807, 2.05) is 31.2 Å². The Hall–Kier alpha value is -2.69. The quantitative estimate of drug-likeness (QED) is 0.783. The van der Waals surface area contributed by atoms with Crippen LogP contribution in [0.1, 0.15) is 15.9 Å². The van der Waals surface area contributed by atoms with Crippen LogP contribution >= 0.6 is 0 Å². The number of ether oxygens (including phenoxy) is 3. The van der Waals surface area contributed by atoms with Gasteiger partial charge < -0.3 is 19.1 Å². The first-order chi connectivity index (χ1) is 11.5. The van der Waals surface area contributed by atoms with E-state index in [-0.39, 0.29) is 5.91 Å². The van der Waals surface area contributed by atoms with E-state index in [9.17, 15) is 4.79 Å². The molecule has 0 aromatic heterocycles. The molecule has 0 saturated heterocycles. The molecule has 24 heavy (non-hydrogen) atoms. The number of carbonyl (C=O) groups is 1. The molecule has 5 heteroatoms. The fraction of sp³-hybridized carbons (Fsp3) is 0.316. The summed E-state index contributed by atoms with van der Waals surface area (Å²) >= 11 is 0. The molecule has 2 aromatic rings. The monoisotopic (exact) mass is 329 g/mol. The normalized spacial score (nSPS) is 10.2. The minimum absolute atomic E-state index is 0.123. The zero-order valence-corrected chi connectivity index (χ0v) is 14.5. The maximum atomic E-state index is 12.6. The number of benzene rings is 2. The van der Waals surface area contributed by atoms with Crippen molar-refractivity contribution in [3.8, 4) is 17.2 Å². The van der Waals surface area contributed by atoms with Crippen molar-refractivity contribution in [3.05, 3.63) is 53.6 Å². The van der Waals surface area contributed by atoms with Crippen molar-refractivity contribution in [1.82, 2.24) is 4.90 Å². The molecule has 1 amide bonds. The zero-order chi connectivity index (χ0) is 17.5. The van der Waals surface area contributed by atoms with Crippen LogP contribution in [-0.4, -0.2) is 45.2 Å². The number of carbonyl (C=O) groups excluding carboxylic acids is 1. The average molecular weight is 329 g/mol. The minimum Gasteiger partial charge on any atom is -0.497 e. The van der Waals surface area contributed by atoms with Crippen molar-refractivity contribution in [2.45, 2.75) is 6.92 Å². The first-order valence-corrected chi connectivity index (χ1v) is 7.72. The lowest BCUT2D eigenvalue weighted by Crippen LogP contribution is -2.31. The zero-order valence-electron chi connectivity index (χ0n) is 14.5. The van der Waals surface area contributed by atoms with Crippen molar-refractivity contribution < 1.29 is 19.0 Å². The van der Waals surface area contributed by atoms with E-state index in [4.69, 9.17) is 14.2 Å². The smallest absolute Gasteiger partial charge is 0.257 e. The third-order valence-corrected chi connectivity index (χ3v) is 3.70. The molecule has 5 nitrogen and oxygen atoms in total. The maximum Gasteiger partial charge on any atom is 0.257 e. The summed E-state index contributed by atoms with van der Waals surface area (Å²) in [6.45, 7) is 2.92. The number of hydrogen-bond donors (Lipinski definition) is 0. The predicted molar refractivity (Wildman–Crippen MR) is 93.2 cm³/mol. The fourth-order valence-electron chi connectivity index (χ4n) is 2.22. The molecule has 0 fully saturated rings. The molecule has 0 aliphatic heterocycles. The van der Waals surface area contributed by atoms with Crippen LogP contribution in [0.15, 0.2) is 42.5 Å². The maximum absolute atomic E-state index is 12.6. The van der Waals surface area contributed by atoms with Crippen LogP contribution in [0.5, 0.6) is 17.2 Å². The predicted octanol–water partition coefficient (Wildman–Crippen LogP) is 3.16. The van der Waals surface area contributed by atoms with Gasteiger partial charge in [-0.15, -0.1) is 0 Å². The van der Waals surface area contributed by atoms with Gasteiger partial charge in [-0.25, -0.2) is 0 Å². The van der Waals surface area contributed by atoms with Gasteiger partial charge in [0.2, 0.25) is 0 Å². The summed E-state index contributed by atoms with van der Waals surface area (Å²) in [6, 6.07) is 13.0. The van der Waals surface area contributed by atoms with Crippen molar-refractivity contribution in [2.75, 3.05) is 34.4 Å². The SMILES string of the molecule is COc1ccc(C(=O)N(C)CCOc2ccc(C)cc2)c(OC)c1. The van der Waals surface area contributed by atoms with Gasteiger partial charge >= 0.3 is 0 Å². The fourth-order valence-corrected chi connectivity index (χ4v) is 2.22. The molecule has 128 valence electrons. The third kappa shape index (κ3) is 4.41. The Balaban J connectivity index is 1.95. The number of nitrogens with zero attached hydrogens (tertiary/aromatic N) is 1.